The highest BCUT2D eigenvalue weighted by atomic mass is 32.1. The van der Waals surface area contributed by atoms with E-state index in [2.05, 4.69) is 55.6 Å². The third kappa shape index (κ3) is 5.25. The standard InChI is InChI=1S/C33H46N8O2S/c1-19-17-41(18-20(2)40(19)5)26-15-27(43-21(3)24-10-8-14-39(24)4)38-32(37-26)29(35)22-9-6-12-33(30(22)42)13-7-11-25-28(33)23(16-34)31(36)44-25/h15,19-21,24H,6-14,17-18,35-36H2,1-5H3/t19-,20-,21-,24-,33-/m0/s1. The van der Waals surface area contributed by atoms with Crippen molar-refractivity contribution in [3.8, 4) is 11.9 Å². The minimum atomic E-state index is -0.772. The molecule has 2 saturated heterocycles. The van der Waals surface area contributed by atoms with Gasteiger partial charge in [0.25, 0.3) is 0 Å². The molecule has 6 rings (SSSR count). The van der Waals surface area contributed by atoms with Crippen LogP contribution in [0.3, 0.4) is 0 Å². The summed E-state index contributed by atoms with van der Waals surface area (Å²) in [4.78, 5) is 32.5. The average Bonchev–Trinajstić information content (AvgIpc) is 3.58. The molecule has 0 unspecified atom stereocenters. The van der Waals surface area contributed by atoms with E-state index in [-0.39, 0.29) is 11.9 Å². The van der Waals surface area contributed by atoms with Gasteiger partial charge in [-0.3, -0.25) is 14.6 Å². The first-order chi connectivity index (χ1) is 21.0. The zero-order chi connectivity index (χ0) is 31.3. The van der Waals surface area contributed by atoms with Gasteiger partial charge in [-0.05, 0) is 98.3 Å². The van der Waals surface area contributed by atoms with E-state index in [0.717, 1.165) is 68.0 Å². The Morgan fingerprint density at radius 2 is 1.86 bits per heavy atom. The number of hydrogen-bond acceptors (Lipinski definition) is 11. The van der Waals surface area contributed by atoms with E-state index in [4.69, 9.17) is 26.2 Å². The van der Waals surface area contributed by atoms with Crippen LogP contribution in [0, 0.1) is 11.3 Å². The molecule has 11 heteroatoms. The number of rotatable bonds is 5. The summed E-state index contributed by atoms with van der Waals surface area (Å²) in [7, 11) is 4.30. The number of nitrogen functional groups attached to an aromatic ring is 1. The van der Waals surface area contributed by atoms with Crippen LogP contribution < -0.4 is 21.1 Å². The number of carbonyl (C=O) groups excluding carboxylic acids is 1. The second-order valence-electron chi connectivity index (χ2n) is 13.4. The maximum atomic E-state index is 14.5. The van der Waals surface area contributed by atoms with Gasteiger partial charge in [0, 0.05) is 47.7 Å². The first-order valence-electron chi connectivity index (χ1n) is 16.1. The fourth-order valence-corrected chi connectivity index (χ4v) is 9.22. The Balaban J connectivity index is 1.41. The zero-order valence-electron chi connectivity index (χ0n) is 26.7. The third-order valence-electron chi connectivity index (χ3n) is 10.7. The first-order valence-corrected chi connectivity index (χ1v) is 16.9. The molecule has 1 saturated carbocycles. The van der Waals surface area contributed by atoms with Gasteiger partial charge in [0.05, 0.1) is 16.7 Å². The highest BCUT2D eigenvalue weighted by Gasteiger charge is 2.49. The lowest BCUT2D eigenvalue weighted by molar-refractivity contribution is -0.122. The number of aromatic nitrogens is 2. The molecule has 3 fully saturated rings. The second-order valence-corrected chi connectivity index (χ2v) is 14.6. The molecule has 2 aliphatic heterocycles. The first kappa shape index (κ1) is 30.8. The molecule has 4 heterocycles. The number of likely N-dealkylation sites (tertiary alicyclic amines) is 1. The van der Waals surface area contributed by atoms with Crippen LogP contribution in [0.25, 0.3) is 5.70 Å². The number of nitrogens with two attached hydrogens (primary N) is 2. The van der Waals surface area contributed by atoms with Crippen LogP contribution in [-0.4, -0.2) is 83.5 Å². The highest BCUT2D eigenvalue weighted by Crippen LogP contribution is 2.52. The van der Waals surface area contributed by atoms with Crippen molar-refractivity contribution < 1.29 is 9.53 Å². The van der Waals surface area contributed by atoms with Crippen molar-refractivity contribution in [1.29, 1.82) is 5.26 Å². The Labute approximate surface area is 265 Å². The van der Waals surface area contributed by atoms with Crippen molar-refractivity contribution in [2.24, 2.45) is 5.73 Å². The molecular formula is C33H46N8O2S. The van der Waals surface area contributed by atoms with Crippen LogP contribution in [-0.2, 0) is 16.6 Å². The van der Waals surface area contributed by atoms with Crippen LogP contribution in [0.5, 0.6) is 5.88 Å². The van der Waals surface area contributed by atoms with E-state index >= 15 is 0 Å². The SMILES string of the molecule is C[C@H](Oc1cc(N2C[C@H](C)N(C)[C@@H](C)C2)nc(C(N)=C2CCC[C@@]3(CCCc4sc(N)c(C#N)c43)C2=O)n1)[C@@H]1CCCN1C. The number of allylic oxidation sites excluding steroid dienone is 1. The number of nitriles is 1. The number of ketones is 1. The number of carbonyl (C=O) groups is 1. The third-order valence-corrected chi connectivity index (χ3v) is 11.8. The molecule has 0 bridgehead atoms. The Bertz CT molecular complexity index is 1500. The van der Waals surface area contributed by atoms with Gasteiger partial charge >= 0.3 is 0 Å². The van der Waals surface area contributed by atoms with Crippen molar-refractivity contribution in [2.75, 3.05) is 44.4 Å². The fourth-order valence-electron chi connectivity index (χ4n) is 8.06. The Morgan fingerprint density at radius 1 is 1.16 bits per heavy atom. The van der Waals surface area contributed by atoms with E-state index in [0.29, 0.717) is 70.9 Å². The van der Waals surface area contributed by atoms with Crippen molar-refractivity contribution in [3.63, 3.8) is 0 Å². The summed E-state index contributed by atoms with van der Waals surface area (Å²) in [6.07, 6.45) is 6.64. The Kier molecular flexibility index (Phi) is 8.37. The van der Waals surface area contributed by atoms with E-state index in [1.165, 1.54) is 11.3 Å². The topological polar surface area (TPSA) is 138 Å². The lowest BCUT2D eigenvalue weighted by Crippen LogP contribution is -2.55. The molecule has 2 aromatic rings. The number of Topliss-reactive ketones (excluding diaryl/α,β-unsaturated/α-hetero) is 1. The molecule has 4 N–H and O–H groups in total. The summed E-state index contributed by atoms with van der Waals surface area (Å²) in [5.74, 6) is 1.58. The molecule has 236 valence electrons. The number of nitrogens with zero attached hydrogens (tertiary/aromatic N) is 6. The van der Waals surface area contributed by atoms with Gasteiger partial charge < -0.3 is 21.1 Å². The van der Waals surface area contributed by atoms with Crippen LogP contribution in [0.15, 0.2) is 11.6 Å². The second kappa shape index (κ2) is 12.0. The summed E-state index contributed by atoms with van der Waals surface area (Å²) in [5.41, 5.74) is 14.6. The smallest absolute Gasteiger partial charge is 0.219 e. The number of thiophene rings is 1. The van der Waals surface area contributed by atoms with E-state index in [1.807, 2.05) is 6.07 Å². The molecule has 44 heavy (non-hydrogen) atoms. The highest BCUT2D eigenvalue weighted by molar-refractivity contribution is 7.16. The predicted molar refractivity (Wildman–Crippen MR) is 175 cm³/mol. The molecule has 2 aliphatic carbocycles. The molecular weight excluding hydrogens is 572 g/mol. The largest absolute Gasteiger partial charge is 0.473 e. The lowest BCUT2D eigenvalue weighted by atomic mass is 9.61. The molecule has 4 aliphatic rings. The minimum absolute atomic E-state index is 0.00392. The number of piperazine rings is 1. The Morgan fingerprint density at radius 3 is 2.52 bits per heavy atom. The lowest BCUT2D eigenvalue weighted by Gasteiger charge is -2.43. The molecule has 1 spiro atoms. The molecule has 0 aromatic carbocycles. The van der Waals surface area contributed by atoms with Gasteiger partial charge in [0.2, 0.25) is 5.88 Å². The number of ether oxygens (including phenoxy) is 1. The Hall–Kier alpha value is -3.20. The van der Waals surface area contributed by atoms with Crippen molar-refractivity contribution in [3.05, 3.63) is 33.5 Å². The summed E-state index contributed by atoms with van der Waals surface area (Å²) in [6.45, 7) is 9.24. The van der Waals surface area contributed by atoms with Crippen molar-refractivity contribution in [2.45, 2.75) is 102 Å². The summed E-state index contributed by atoms with van der Waals surface area (Å²) in [5, 5.41) is 10.5. The van der Waals surface area contributed by atoms with Gasteiger partial charge in [-0.1, -0.05) is 0 Å². The molecule has 5 atom stereocenters. The minimum Gasteiger partial charge on any atom is -0.473 e. The van der Waals surface area contributed by atoms with Crippen LogP contribution in [0.2, 0.25) is 0 Å². The number of hydrogen-bond donors (Lipinski definition) is 2. The van der Waals surface area contributed by atoms with Gasteiger partial charge in [0.15, 0.2) is 11.6 Å². The summed E-state index contributed by atoms with van der Waals surface area (Å²) >= 11 is 1.46. The van der Waals surface area contributed by atoms with Crippen molar-refractivity contribution >= 4 is 33.6 Å². The molecule has 0 amide bonds. The predicted octanol–water partition coefficient (Wildman–Crippen LogP) is 4.08. The normalized spacial score (nSPS) is 29.9. The molecule has 2 aromatic heterocycles. The monoisotopic (exact) mass is 618 g/mol. The molecule has 0 radical (unpaired) electrons. The quantitative estimate of drug-likeness (QED) is 0.472. The number of fused-ring (bicyclic) bond motifs is 2. The van der Waals surface area contributed by atoms with Crippen molar-refractivity contribution in [1.82, 2.24) is 19.8 Å². The van der Waals surface area contributed by atoms with Gasteiger partial charge in [0.1, 0.15) is 23.0 Å². The van der Waals surface area contributed by atoms with Gasteiger partial charge in [-0.15, -0.1) is 11.3 Å². The van der Waals surface area contributed by atoms with Gasteiger partial charge in [-0.2, -0.15) is 10.2 Å². The number of likely N-dealkylation sites (N-methyl/N-ethyl adjacent to an activating group) is 2. The zero-order valence-corrected chi connectivity index (χ0v) is 27.5. The van der Waals surface area contributed by atoms with Crippen LogP contribution in [0.1, 0.15) is 87.5 Å². The maximum Gasteiger partial charge on any atom is 0.219 e. The summed E-state index contributed by atoms with van der Waals surface area (Å²) in [6, 6.07) is 5.24. The number of anilines is 2. The maximum absolute atomic E-state index is 14.5. The van der Waals surface area contributed by atoms with E-state index < -0.39 is 5.41 Å². The average molecular weight is 619 g/mol. The van der Waals surface area contributed by atoms with Crippen LogP contribution in [0.4, 0.5) is 10.8 Å². The van der Waals surface area contributed by atoms with Crippen LogP contribution >= 0.6 is 11.3 Å². The number of aryl methyl sites for hydroxylation is 1. The summed E-state index contributed by atoms with van der Waals surface area (Å²) < 4.78 is 6.53. The van der Waals surface area contributed by atoms with E-state index in [1.54, 1.807) is 0 Å². The van der Waals surface area contributed by atoms with E-state index in [9.17, 15) is 10.1 Å². The molecule has 10 nitrogen and oxygen atoms in total. The fraction of sp³-hybridized carbons (Fsp3) is 0.636. The van der Waals surface area contributed by atoms with Gasteiger partial charge in [-0.25, -0.2) is 4.98 Å².